The van der Waals surface area contributed by atoms with E-state index >= 15 is 0 Å². The number of nitrogens with one attached hydrogen (secondary N) is 1. The van der Waals surface area contributed by atoms with Crippen molar-refractivity contribution < 1.29 is 9.15 Å². The number of hydrogen-bond acceptors (Lipinski definition) is 8. The van der Waals surface area contributed by atoms with Crippen LogP contribution in [0.3, 0.4) is 0 Å². The van der Waals surface area contributed by atoms with Crippen molar-refractivity contribution in [2.45, 2.75) is 12.6 Å². The van der Waals surface area contributed by atoms with E-state index in [-0.39, 0.29) is 0 Å². The molecule has 0 amide bonds. The smallest absolute Gasteiger partial charge is 0.180 e. The number of ether oxygens (including phenoxy) is 1. The Labute approximate surface area is 219 Å². The molecule has 1 atom stereocenters. The minimum atomic E-state index is 0.297. The predicted molar refractivity (Wildman–Crippen MR) is 147 cm³/mol. The van der Waals surface area contributed by atoms with Gasteiger partial charge in [-0.15, -0.1) is 0 Å². The first-order chi connectivity index (χ1) is 18.8. The molecule has 0 saturated carbocycles. The third-order valence-electron chi connectivity index (χ3n) is 7.62. The van der Waals surface area contributed by atoms with Gasteiger partial charge in [-0.1, -0.05) is 12.1 Å². The van der Waals surface area contributed by atoms with Gasteiger partial charge in [-0.2, -0.15) is 0 Å². The van der Waals surface area contributed by atoms with Gasteiger partial charge in [-0.25, -0.2) is 9.97 Å². The fraction of sp³-hybridized carbons (Fsp3) is 0.207. The van der Waals surface area contributed by atoms with Crippen molar-refractivity contribution >= 4 is 34.7 Å². The molecule has 0 bridgehead atoms. The Bertz CT molecular complexity index is 1690. The molecular weight excluding hydrogens is 478 g/mol. The minimum Gasteiger partial charge on any atom is -0.489 e. The third-order valence-corrected chi connectivity index (χ3v) is 7.62. The van der Waals surface area contributed by atoms with E-state index < -0.39 is 0 Å². The molecule has 2 aromatic carbocycles. The number of furan rings is 1. The summed E-state index contributed by atoms with van der Waals surface area (Å²) in [6.07, 6.45) is 11.2. The zero-order valence-electron chi connectivity index (χ0n) is 20.6. The van der Waals surface area contributed by atoms with Crippen LogP contribution in [0, 0.1) is 0 Å². The van der Waals surface area contributed by atoms with Crippen LogP contribution in [0.25, 0.3) is 16.9 Å². The molecule has 1 saturated heterocycles. The van der Waals surface area contributed by atoms with Gasteiger partial charge in [0.05, 0.1) is 35.9 Å². The lowest BCUT2D eigenvalue weighted by Gasteiger charge is -2.46. The summed E-state index contributed by atoms with van der Waals surface area (Å²) in [4.78, 5) is 18.7. The summed E-state index contributed by atoms with van der Waals surface area (Å²) in [7, 11) is 0. The van der Waals surface area contributed by atoms with E-state index in [2.05, 4.69) is 61.5 Å². The van der Waals surface area contributed by atoms with E-state index in [9.17, 15) is 0 Å². The highest BCUT2D eigenvalue weighted by molar-refractivity contribution is 5.86. The molecule has 1 unspecified atom stereocenters. The maximum Gasteiger partial charge on any atom is 0.180 e. The summed E-state index contributed by atoms with van der Waals surface area (Å²) in [6.45, 7) is 4.14. The van der Waals surface area contributed by atoms with E-state index in [1.807, 2.05) is 35.3 Å². The van der Waals surface area contributed by atoms with Crippen molar-refractivity contribution in [1.82, 2.24) is 14.4 Å². The maximum absolute atomic E-state index is 6.26. The Balaban J connectivity index is 1.08. The van der Waals surface area contributed by atoms with Gasteiger partial charge in [0.2, 0.25) is 0 Å². The van der Waals surface area contributed by atoms with Crippen LogP contribution in [0.4, 0.5) is 22.9 Å². The van der Waals surface area contributed by atoms with Gasteiger partial charge < -0.3 is 28.7 Å². The van der Waals surface area contributed by atoms with Crippen molar-refractivity contribution in [2.75, 3.05) is 41.4 Å². The minimum absolute atomic E-state index is 0.297. The molecule has 1 fully saturated rings. The van der Waals surface area contributed by atoms with Crippen molar-refractivity contribution in [3.63, 3.8) is 0 Å². The molecule has 8 rings (SSSR count). The Morgan fingerprint density at radius 1 is 1.05 bits per heavy atom. The lowest BCUT2D eigenvalue weighted by molar-refractivity contribution is 0.255. The van der Waals surface area contributed by atoms with Crippen LogP contribution in [0.15, 0.2) is 83.0 Å². The zero-order valence-corrected chi connectivity index (χ0v) is 20.6. The number of aromatic nitrogens is 3. The Hall–Kier alpha value is -4.79. The van der Waals surface area contributed by atoms with Gasteiger partial charge in [0.15, 0.2) is 11.5 Å². The molecule has 38 heavy (non-hydrogen) atoms. The van der Waals surface area contributed by atoms with Gasteiger partial charge in [0.25, 0.3) is 0 Å². The molecule has 3 aliphatic rings. The largest absolute Gasteiger partial charge is 0.489 e. The molecule has 188 valence electrons. The lowest BCUT2D eigenvalue weighted by Crippen LogP contribution is -2.57. The van der Waals surface area contributed by atoms with Crippen LogP contribution in [0.5, 0.6) is 5.75 Å². The Morgan fingerprint density at radius 2 is 2.05 bits per heavy atom. The first-order valence-electron chi connectivity index (χ1n) is 12.8. The van der Waals surface area contributed by atoms with Crippen LogP contribution < -0.4 is 19.9 Å². The number of nitrogens with zero attached hydrogens (tertiary/aromatic N) is 6. The molecule has 0 aliphatic carbocycles. The van der Waals surface area contributed by atoms with Crippen LogP contribution in [0.2, 0.25) is 0 Å². The third kappa shape index (κ3) is 3.50. The van der Waals surface area contributed by atoms with Gasteiger partial charge in [-0.3, -0.25) is 4.99 Å². The van der Waals surface area contributed by atoms with Crippen molar-refractivity contribution in [3.05, 3.63) is 84.7 Å². The number of fused-ring (bicyclic) bond motifs is 5. The average molecular weight is 504 g/mol. The SMILES string of the molecule is C1=NCc2cc(-c3cn4ccnc4c(Nc4ccc5c(c4)OCC4CN(c6ccoc6)CCN54)n3)ccc21. The topological polar surface area (TPSA) is 83.4 Å². The molecule has 0 radical (unpaired) electrons. The summed E-state index contributed by atoms with van der Waals surface area (Å²) in [5.74, 6) is 1.59. The quantitative estimate of drug-likeness (QED) is 0.379. The number of imidazole rings is 1. The number of rotatable bonds is 4. The fourth-order valence-corrected chi connectivity index (χ4v) is 5.68. The van der Waals surface area contributed by atoms with E-state index in [0.717, 1.165) is 65.9 Å². The van der Waals surface area contributed by atoms with E-state index in [4.69, 9.17) is 14.1 Å². The van der Waals surface area contributed by atoms with Crippen LogP contribution >= 0.6 is 0 Å². The van der Waals surface area contributed by atoms with Crippen molar-refractivity contribution in [2.24, 2.45) is 4.99 Å². The van der Waals surface area contributed by atoms with Crippen molar-refractivity contribution in [3.8, 4) is 17.0 Å². The molecule has 3 aliphatic heterocycles. The molecule has 6 heterocycles. The monoisotopic (exact) mass is 503 g/mol. The van der Waals surface area contributed by atoms with Gasteiger partial charge in [0, 0.05) is 61.8 Å². The number of anilines is 4. The summed E-state index contributed by atoms with van der Waals surface area (Å²) < 4.78 is 13.6. The first kappa shape index (κ1) is 21.3. The highest BCUT2D eigenvalue weighted by atomic mass is 16.5. The summed E-state index contributed by atoms with van der Waals surface area (Å²) in [5.41, 5.74) is 8.27. The average Bonchev–Trinajstić information content (AvgIpc) is 3.74. The molecule has 9 nitrogen and oxygen atoms in total. The first-order valence-corrected chi connectivity index (χ1v) is 12.8. The molecule has 5 aromatic rings. The van der Waals surface area contributed by atoms with Gasteiger partial charge >= 0.3 is 0 Å². The highest BCUT2D eigenvalue weighted by Gasteiger charge is 2.33. The second-order valence-corrected chi connectivity index (χ2v) is 9.91. The number of benzene rings is 2. The molecule has 9 heteroatoms. The van der Waals surface area contributed by atoms with E-state index in [0.29, 0.717) is 18.5 Å². The number of aliphatic imine (C=N–C) groups is 1. The van der Waals surface area contributed by atoms with E-state index in [1.54, 1.807) is 12.5 Å². The second-order valence-electron chi connectivity index (χ2n) is 9.91. The predicted octanol–water partition coefficient (Wildman–Crippen LogP) is 4.75. The maximum atomic E-state index is 6.26. The lowest BCUT2D eigenvalue weighted by atomic mass is 10.0. The Kier molecular flexibility index (Phi) is 4.70. The Morgan fingerprint density at radius 3 is 3.00 bits per heavy atom. The molecule has 0 spiro atoms. The van der Waals surface area contributed by atoms with Gasteiger partial charge in [-0.05, 0) is 35.4 Å². The van der Waals surface area contributed by atoms with Crippen LogP contribution in [0.1, 0.15) is 11.1 Å². The summed E-state index contributed by atoms with van der Waals surface area (Å²) in [5, 5.41) is 3.51. The number of hydrogen-bond donors (Lipinski definition) is 1. The van der Waals surface area contributed by atoms with Gasteiger partial charge in [0.1, 0.15) is 18.6 Å². The van der Waals surface area contributed by atoms with Crippen LogP contribution in [-0.2, 0) is 6.54 Å². The normalized spacial score (nSPS) is 17.7. The van der Waals surface area contributed by atoms with Crippen LogP contribution in [-0.4, -0.2) is 52.9 Å². The second kappa shape index (κ2) is 8.37. The standard InChI is InChI=1S/C29H25N7O2/c1-2-20-13-30-14-21(20)11-19(1)25-16-35-7-6-31-29(35)28(33-25)32-22-3-4-26-27(12-22)38-18-24-15-34(8-9-36(24)26)23-5-10-37-17-23/h1-7,10-13,16-17,24H,8-9,14-15,18H2,(H,32,33). The molecule has 1 N–H and O–H groups in total. The fourth-order valence-electron chi connectivity index (χ4n) is 5.68. The summed E-state index contributed by atoms with van der Waals surface area (Å²) >= 11 is 0. The zero-order chi connectivity index (χ0) is 25.1. The highest BCUT2D eigenvalue weighted by Crippen LogP contribution is 2.39. The molecular formula is C29H25N7O2. The van der Waals surface area contributed by atoms with E-state index in [1.165, 1.54) is 11.1 Å². The summed E-state index contributed by atoms with van der Waals surface area (Å²) in [6, 6.07) is 15.0. The van der Waals surface area contributed by atoms with Crippen molar-refractivity contribution in [1.29, 1.82) is 0 Å². The molecule has 3 aromatic heterocycles. The number of piperazine rings is 1.